The smallest absolute Gasteiger partial charge is 0.294 e. The zero-order valence-corrected chi connectivity index (χ0v) is 23.3. The molecule has 0 bridgehead atoms. The number of fused-ring (bicyclic) bond motifs is 1. The third-order valence-corrected chi connectivity index (χ3v) is 7.98. The van der Waals surface area contributed by atoms with Crippen molar-refractivity contribution < 1.29 is 14.3 Å². The Labute approximate surface area is 241 Å². The normalized spacial score (nSPS) is 16.4. The molecule has 2 heterocycles. The molecule has 4 aromatic carbocycles. The van der Waals surface area contributed by atoms with Crippen molar-refractivity contribution >= 4 is 23.6 Å². The van der Waals surface area contributed by atoms with Crippen LogP contribution >= 0.6 is 0 Å². The van der Waals surface area contributed by atoms with Gasteiger partial charge in [-0.3, -0.25) is 14.5 Å². The lowest BCUT2D eigenvalue weighted by molar-refractivity contribution is -0.117. The first kappa shape index (κ1) is 26.6. The fourth-order valence-electron chi connectivity index (χ4n) is 5.76. The molecule has 0 aromatic heterocycles. The minimum atomic E-state index is -0.191. The van der Waals surface area contributed by atoms with Gasteiger partial charge in [0.25, 0.3) is 11.8 Å². The SMILES string of the molecule is Cc1cccc(CN2C(=O)/C(=C\c3ccc(C(=O)N4CCC(Cc5ccccc5)CC4)cc3)Oc3ccccc32)c1. The maximum Gasteiger partial charge on any atom is 0.294 e. The van der Waals surface area contributed by atoms with Gasteiger partial charge in [-0.1, -0.05) is 84.4 Å². The number of likely N-dealkylation sites (tertiary alicyclic amines) is 1. The lowest BCUT2D eigenvalue weighted by Crippen LogP contribution is -2.38. The molecule has 1 fully saturated rings. The third kappa shape index (κ3) is 6.09. The quantitative estimate of drug-likeness (QED) is 0.245. The average molecular weight is 543 g/mol. The number of rotatable bonds is 6. The summed E-state index contributed by atoms with van der Waals surface area (Å²) in [5, 5.41) is 0. The van der Waals surface area contributed by atoms with E-state index in [1.165, 1.54) is 5.56 Å². The summed E-state index contributed by atoms with van der Waals surface area (Å²) >= 11 is 0. The van der Waals surface area contributed by atoms with Crippen LogP contribution in [0.5, 0.6) is 5.75 Å². The van der Waals surface area contributed by atoms with E-state index in [1.54, 1.807) is 11.0 Å². The maximum absolute atomic E-state index is 13.6. The van der Waals surface area contributed by atoms with Crippen LogP contribution in [0.4, 0.5) is 5.69 Å². The molecule has 0 radical (unpaired) electrons. The van der Waals surface area contributed by atoms with E-state index in [2.05, 4.69) is 30.3 Å². The van der Waals surface area contributed by atoms with Gasteiger partial charge in [-0.25, -0.2) is 0 Å². The Kier molecular flexibility index (Phi) is 7.68. The van der Waals surface area contributed by atoms with Crippen LogP contribution in [-0.4, -0.2) is 29.8 Å². The highest BCUT2D eigenvalue weighted by Gasteiger charge is 2.30. The number of hydrogen-bond donors (Lipinski definition) is 0. The van der Waals surface area contributed by atoms with Crippen molar-refractivity contribution in [3.63, 3.8) is 0 Å². The summed E-state index contributed by atoms with van der Waals surface area (Å²) in [4.78, 5) is 30.5. The van der Waals surface area contributed by atoms with E-state index >= 15 is 0 Å². The van der Waals surface area contributed by atoms with Gasteiger partial charge in [-0.15, -0.1) is 0 Å². The highest BCUT2D eigenvalue weighted by atomic mass is 16.5. The fraction of sp³-hybridized carbons (Fsp3) is 0.222. The molecule has 41 heavy (non-hydrogen) atoms. The zero-order valence-electron chi connectivity index (χ0n) is 23.3. The van der Waals surface area contributed by atoms with Crippen LogP contribution in [0.1, 0.15) is 45.5 Å². The molecule has 0 saturated carbocycles. The first-order chi connectivity index (χ1) is 20.0. The molecule has 0 spiro atoms. The second-order valence-corrected chi connectivity index (χ2v) is 11.0. The van der Waals surface area contributed by atoms with Crippen molar-refractivity contribution in [2.45, 2.75) is 32.7 Å². The Morgan fingerprint density at radius 3 is 2.32 bits per heavy atom. The molecule has 2 amide bonds. The van der Waals surface area contributed by atoms with Gasteiger partial charge >= 0.3 is 0 Å². The van der Waals surface area contributed by atoms with Gasteiger partial charge in [0.2, 0.25) is 0 Å². The molecule has 206 valence electrons. The van der Waals surface area contributed by atoms with E-state index in [1.807, 2.05) is 84.6 Å². The zero-order chi connectivity index (χ0) is 28.2. The summed E-state index contributed by atoms with van der Waals surface area (Å²) in [6.07, 6.45) is 4.86. The van der Waals surface area contributed by atoms with Crippen LogP contribution in [-0.2, 0) is 17.8 Å². The van der Waals surface area contributed by atoms with Gasteiger partial charge in [0.1, 0.15) is 0 Å². The molecule has 0 unspecified atom stereocenters. The van der Waals surface area contributed by atoms with Crippen molar-refractivity contribution in [1.82, 2.24) is 4.90 Å². The van der Waals surface area contributed by atoms with E-state index in [4.69, 9.17) is 4.74 Å². The first-order valence-electron chi connectivity index (χ1n) is 14.3. The lowest BCUT2D eigenvalue weighted by atomic mass is 9.90. The van der Waals surface area contributed by atoms with Gasteiger partial charge in [0, 0.05) is 18.7 Å². The van der Waals surface area contributed by atoms with Crippen LogP contribution in [0, 0.1) is 12.8 Å². The predicted octanol–water partition coefficient (Wildman–Crippen LogP) is 7.06. The van der Waals surface area contributed by atoms with Gasteiger partial charge in [-0.05, 0) is 79.1 Å². The van der Waals surface area contributed by atoms with Crippen LogP contribution in [0.2, 0.25) is 0 Å². The van der Waals surface area contributed by atoms with E-state index in [0.29, 0.717) is 23.8 Å². The number of amides is 2. The number of benzene rings is 4. The molecule has 6 rings (SSSR count). The fourth-order valence-corrected chi connectivity index (χ4v) is 5.76. The molecule has 0 aliphatic carbocycles. The molecule has 2 aliphatic rings. The number of nitrogens with zero attached hydrogens (tertiary/aromatic N) is 2. The minimum absolute atomic E-state index is 0.0608. The van der Waals surface area contributed by atoms with Crippen molar-refractivity contribution in [3.8, 4) is 5.75 Å². The van der Waals surface area contributed by atoms with Crippen LogP contribution in [0.15, 0.2) is 109 Å². The summed E-state index contributed by atoms with van der Waals surface area (Å²) in [6.45, 7) is 4.06. The molecule has 1 saturated heterocycles. The van der Waals surface area contributed by atoms with Crippen LogP contribution in [0.25, 0.3) is 6.08 Å². The number of hydrogen-bond acceptors (Lipinski definition) is 3. The third-order valence-electron chi connectivity index (χ3n) is 7.98. The average Bonchev–Trinajstić information content (AvgIpc) is 3.00. The summed E-state index contributed by atoms with van der Waals surface area (Å²) < 4.78 is 6.06. The Balaban J connectivity index is 1.13. The van der Waals surface area contributed by atoms with E-state index in [-0.39, 0.29) is 17.6 Å². The molecule has 2 aliphatic heterocycles. The Hall–Kier alpha value is -4.64. The van der Waals surface area contributed by atoms with E-state index in [0.717, 1.165) is 54.7 Å². The second-order valence-electron chi connectivity index (χ2n) is 11.0. The minimum Gasteiger partial charge on any atom is -0.449 e. The number of aryl methyl sites for hydroxylation is 1. The Bertz CT molecular complexity index is 1570. The van der Waals surface area contributed by atoms with Crippen LogP contribution in [0.3, 0.4) is 0 Å². The maximum atomic E-state index is 13.6. The summed E-state index contributed by atoms with van der Waals surface area (Å²) in [6, 6.07) is 33.8. The largest absolute Gasteiger partial charge is 0.449 e. The number of para-hydroxylation sites is 2. The first-order valence-corrected chi connectivity index (χ1v) is 14.3. The van der Waals surface area contributed by atoms with Crippen molar-refractivity contribution in [3.05, 3.63) is 137 Å². The molecular formula is C36H34N2O3. The number of ether oxygens (including phenoxy) is 1. The highest BCUT2D eigenvalue weighted by Crippen LogP contribution is 2.36. The van der Waals surface area contributed by atoms with Gasteiger partial charge in [-0.2, -0.15) is 0 Å². The topological polar surface area (TPSA) is 49.9 Å². The highest BCUT2D eigenvalue weighted by molar-refractivity contribution is 6.09. The van der Waals surface area contributed by atoms with Gasteiger partial charge in [0.15, 0.2) is 11.5 Å². The predicted molar refractivity (Wildman–Crippen MR) is 163 cm³/mol. The van der Waals surface area contributed by atoms with Crippen molar-refractivity contribution in [2.75, 3.05) is 18.0 Å². The van der Waals surface area contributed by atoms with Gasteiger partial charge in [0.05, 0.1) is 12.2 Å². The van der Waals surface area contributed by atoms with Gasteiger partial charge < -0.3 is 9.64 Å². The van der Waals surface area contributed by atoms with Crippen LogP contribution < -0.4 is 9.64 Å². The standard InChI is InChI=1S/C36H34N2O3/c1-26-8-7-11-30(22-26)25-38-32-12-5-6-13-33(32)41-34(36(38)40)24-28-14-16-31(17-15-28)35(39)37-20-18-29(19-21-37)23-27-9-3-2-4-10-27/h2-17,22,24,29H,18-21,23,25H2,1H3/b34-24+. The van der Waals surface area contributed by atoms with Crippen molar-refractivity contribution in [2.24, 2.45) is 5.92 Å². The molecular weight excluding hydrogens is 508 g/mol. The summed E-state index contributed by atoms with van der Waals surface area (Å²) in [5.41, 5.74) is 5.80. The summed E-state index contributed by atoms with van der Waals surface area (Å²) in [7, 11) is 0. The molecule has 5 nitrogen and oxygen atoms in total. The van der Waals surface area contributed by atoms with E-state index < -0.39 is 0 Å². The molecule has 4 aromatic rings. The number of carbonyl (C=O) groups excluding carboxylic acids is 2. The van der Waals surface area contributed by atoms with Crippen molar-refractivity contribution in [1.29, 1.82) is 0 Å². The lowest BCUT2D eigenvalue weighted by Gasteiger charge is -2.32. The number of carbonyl (C=O) groups is 2. The molecule has 5 heteroatoms. The second kappa shape index (κ2) is 11.8. The number of piperidine rings is 1. The Morgan fingerprint density at radius 2 is 1.56 bits per heavy atom. The molecule has 0 N–H and O–H groups in total. The van der Waals surface area contributed by atoms with E-state index in [9.17, 15) is 9.59 Å². The molecule has 0 atom stereocenters. The Morgan fingerprint density at radius 1 is 0.854 bits per heavy atom. The monoisotopic (exact) mass is 542 g/mol. The summed E-state index contributed by atoms with van der Waals surface area (Å²) in [5.74, 6) is 1.39. The number of anilines is 1.